The van der Waals surface area contributed by atoms with E-state index >= 15 is 0 Å². The number of imidazole rings is 1. The predicted molar refractivity (Wildman–Crippen MR) is 127 cm³/mol. The maximum Gasteiger partial charge on any atom is 0.416 e. The zero-order valence-corrected chi connectivity index (χ0v) is 19.9. The molecule has 2 aromatic carbocycles. The minimum Gasteiger partial charge on any atom is -0.322 e. The van der Waals surface area contributed by atoms with E-state index in [-0.39, 0.29) is 5.41 Å². The van der Waals surface area contributed by atoms with Crippen LogP contribution in [0.4, 0.5) is 13.2 Å². The number of hydrogen-bond donors (Lipinski definition) is 0. The number of aromatic nitrogens is 2. The highest BCUT2D eigenvalue weighted by Crippen LogP contribution is 2.59. The fourth-order valence-electron chi connectivity index (χ4n) is 5.06. The van der Waals surface area contributed by atoms with Crippen molar-refractivity contribution in [1.82, 2.24) is 14.5 Å². The molecule has 1 saturated carbocycles. The van der Waals surface area contributed by atoms with Gasteiger partial charge in [0.15, 0.2) is 5.16 Å². The second kappa shape index (κ2) is 8.67. The maximum absolute atomic E-state index is 12.9. The first-order valence-corrected chi connectivity index (χ1v) is 12.4. The molecule has 1 saturated heterocycles. The van der Waals surface area contributed by atoms with Gasteiger partial charge in [-0.2, -0.15) is 13.2 Å². The van der Waals surface area contributed by atoms with E-state index < -0.39 is 11.7 Å². The van der Waals surface area contributed by atoms with E-state index in [1.165, 1.54) is 12.1 Å². The number of benzene rings is 2. The topological polar surface area (TPSA) is 21.1 Å². The minimum atomic E-state index is -4.28. The number of halogens is 4. The third kappa shape index (κ3) is 4.55. The predicted octanol–water partition coefficient (Wildman–Crippen LogP) is 6.52. The third-order valence-electron chi connectivity index (χ3n) is 6.94. The molecule has 33 heavy (non-hydrogen) atoms. The summed E-state index contributed by atoms with van der Waals surface area (Å²) in [4.78, 5) is 7.04. The van der Waals surface area contributed by atoms with E-state index in [1.807, 2.05) is 37.5 Å². The third-order valence-corrected chi connectivity index (χ3v) is 8.32. The molecule has 0 amide bonds. The molecule has 2 fully saturated rings. The quantitative estimate of drug-likeness (QED) is 0.277. The van der Waals surface area contributed by atoms with Crippen LogP contribution in [-0.4, -0.2) is 39.8 Å². The van der Waals surface area contributed by atoms with Crippen LogP contribution >= 0.6 is 23.4 Å². The van der Waals surface area contributed by atoms with E-state index in [0.717, 1.165) is 65.2 Å². The minimum absolute atomic E-state index is 0.0599. The molecule has 2 aliphatic rings. The number of thioether (sulfide) groups is 1. The van der Waals surface area contributed by atoms with Crippen molar-refractivity contribution in [2.75, 3.05) is 25.4 Å². The van der Waals surface area contributed by atoms with Crippen LogP contribution in [0.1, 0.15) is 24.0 Å². The molecule has 0 N–H and O–H groups in total. The van der Waals surface area contributed by atoms with Crippen molar-refractivity contribution in [2.45, 2.75) is 29.6 Å². The number of piperidine rings is 1. The Morgan fingerprint density at radius 1 is 1.12 bits per heavy atom. The molecule has 0 unspecified atom stereocenters. The highest BCUT2D eigenvalue weighted by molar-refractivity contribution is 7.99. The van der Waals surface area contributed by atoms with Gasteiger partial charge in [0, 0.05) is 36.3 Å². The highest BCUT2D eigenvalue weighted by Gasteiger charge is 2.60. The largest absolute Gasteiger partial charge is 0.416 e. The lowest BCUT2D eigenvalue weighted by atomic mass is 9.94. The normalized spacial score (nSPS) is 22.5. The van der Waals surface area contributed by atoms with Crippen molar-refractivity contribution in [3.63, 3.8) is 0 Å². The van der Waals surface area contributed by atoms with Crippen LogP contribution in [0, 0.1) is 5.92 Å². The molecule has 1 aliphatic heterocycles. The van der Waals surface area contributed by atoms with Gasteiger partial charge in [-0.05, 0) is 60.7 Å². The fraction of sp³-hybridized carbons (Fsp3) is 0.400. The second-order valence-electron chi connectivity index (χ2n) is 9.06. The Morgan fingerprint density at radius 2 is 1.85 bits per heavy atom. The van der Waals surface area contributed by atoms with Crippen LogP contribution in [0.3, 0.4) is 0 Å². The van der Waals surface area contributed by atoms with Gasteiger partial charge in [0.25, 0.3) is 0 Å². The SMILES string of the molecule is Cn1c(-c2ccc(Cl)cc2)cnc1SCCCN1C[C@@H]2C[C@]2(c2ccc(C(F)(F)F)cc2)C1. The van der Waals surface area contributed by atoms with E-state index in [0.29, 0.717) is 5.92 Å². The van der Waals surface area contributed by atoms with Gasteiger partial charge in [-0.1, -0.05) is 47.6 Å². The first-order chi connectivity index (χ1) is 15.8. The van der Waals surface area contributed by atoms with Gasteiger partial charge in [0.1, 0.15) is 0 Å². The second-order valence-corrected chi connectivity index (χ2v) is 10.6. The van der Waals surface area contributed by atoms with Crippen LogP contribution in [0.2, 0.25) is 5.02 Å². The van der Waals surface area contributed by atoms with Crippen molar-refractivity contribution in [3.05, 3.63) is 70.9 Å². The van der Waals surface area contributed by atoms with Crippen molar-refractivity contribution < 1.29 is 13.2 Å². The number of rotatable bonds is 7. The van der Waals surface area contributed by atoms with Crippen LogP contribution in [-0.2, 0) is 18.6 Å². The average Bonchev–Trinajstić information content (AvgIpc) is 3.16. The van der Waals surface area contributed by atoms with Gasteiger partial charge in [0.2, 0.25) is 0 Å². The Hall–Kier alpha value is -1.96. The summed E-state index contributed by atoms with van der Waals surface area (Å²) in [7, 11) is 2.03. The van der Waals surface area contributed by atoms with Gasteiger partial charge >= 0.3 is 6.18 Å². The molecule has 0 bridgehead atoms. The molecule has 174 valence electrons. The van der Waals surface area contributed by atoms with Crippen LogP contribution in [0.5, 0.6) is 0 Å². The summed E-state index contributed by atoms with van der Waals surface area (Å²) in [6.07, 6.45) is -0.247. The van der Waals surface area contributed by atoms with Gasteiger partial charge in [-0.3, -0.25) is 0 Å². The number of alkyl halides is 3. The molecule has 5 rings (SSSR count). The number of hydrogen-bond acceptors (Lipinski definition) is 3. The van der Waals surface area contributed by atoms with Crippen LogP contribution < -0.4 is 0 Å². The van der Waals surface area contributed by atoms with E-state index in [9.17, 15) is 13.2 Å². The Labute approximate surface area is 201 Å². The lowest BCUT2D eigenvalue weighted by Crippen LogP contribution is -2.28. The van der Waals surface area contributed by atoms with Gasteiger partial charge in [-0.25, -0.2) is 4.98 Å². The molecule has 2 atom stereocenters. The summed E-state index contributed by atoms with van der Waals surface area (Å²) in [6.45, 7) is 2.98. The summed E-state index contributed by atoms with van der Waals surface area (Å²) >= 11 is 7.74. The molecule has 0 radical (unpaired) electrons. The van der Waals surface area contributed by atoms with E-state index in [4.69, 9.17) is 11.6 Å². The Morgan fingerprint density at radius 3 is 2.55 bits per heavy atom. The van der Waals surface area contributed by atoms with Crippen molar-refractivity contribution in [2.24, 2.45) is 13.0 Å². The van der Waals surface area contributed by atoms with E-state index in [1.54, 1.807) is 23.9 Å². The summed E-state index contributed by atoms with van der Waals surface area (Å²) in [5.74, 6) is 1.54. The zero-order valence-electron chi connectivity index (χ0n) is 18.3. The van der Waals surface area contributed by atoms with Crippen LogP contribution in [0.25, 0.3) is 11.3 Å². The molecular formula is C25H25ClF3N3S. The summed E-state index contributed by atoms with van der Waals surface area (Å²) < 4.78 is 40.7. The zero-order chi connectivity index (χ0) is 23.2. The number of nitrogens with zero attached hydrogens (tertiary/aromatic N) is 3. The molecule has 3 aromatic rings. The lowest BCUT2D eigenvalue weighted by Gasteiger charge is -2.21. The summed E-state index contributed by atoms with van der Waals surface area (Å²) in [6, 6.07) is 13.6. The first kappa shape index (κ1) is 22.8. The van der Waals surface area contributed by atoms with Gasteiger partial charge in [-0.15, -0.1) is 0 Å². The smallest absolute Gasteiger partial charge is 0.322 e. The Kier molecular flexibility index (Phi) is 6.00. The molecule has 8 heteroatoms. The Bertz CT molecular complexity index is 1130. The van der Waals surface area contributed by atoms with E-state index in [2.05, 4.69) is 14.5 Å². The summed E-state index contributed by atoms with van der Waals surface area (Å²) in [5.41, 5.74) is 2.70. The van der Waals surface area contributed by atoms with Gasteiger partial charge < -0.3 is 9.47 Å². The fourth-order valence-corrected chi connectivity index (χ4v) is 6.06. The molecular weight excluding hydrogens is 467 g/mol. The first-order valence-electron chi connectivity index (χ1n) is 11.1. The number of fused-ring (bicyclic) bond motifs is 1. The molecule has 0 spiro atoms. The van der Waals surface area contributed by atoms with Crippen molar-refractivity contribution >= 4 is 23.4 Å². The average molecular weight is 492 g/mol. The monoisotopic (exact) mass is 491 g/mol. The van der Waals surface area contributed by atoms with Crippen molar-refractivity contribution in [3.8, 4) is 11.3 Å². The van der Waals surface area contributed by atoms with Crippen LogP contribution in [0.15, 0.2) is 59.9 Å². The van der Waals surface area contributed by atoms with Crippen molar-refractivity contribution in [1.29, 1.82) is 0 Å². The number of likely N-dealkylation sites (tertiary alicyclic amines) is 1. The summed E-state index contributed by atoms with van der Waals surface area (Å²) in [5, 5.41) is 1.71. The molecule has 1 aliphatic carbocycles. The molecule has 1 aromatic heterocycles. The highest BCUT2D eigenvalue weighted by atomic mass is 35.5. The molecule has 3 nitrogen and oxygen atoms in total. The van der Waals surface area contributed by atoms with Gasteiger partial charge in [0.05, 0.1) is 17.5 Å². The molecule has 2 heterocycles. The Balaban J connectivity index is 1.12. The standard InChI is InChI=1S/C25H25ClF3N3S/c1-31-22(17-3-9-21(26)10-4-17)14-30-23(31)33-12-2-11-32-15-20-13-24(20,16-32)18-5-7-19(8-6-18)25(27,28)29/h3-10,14,20H,2,11-13,15-16H2,1H3/t20-,24+/m0/s1. The maximum atomic E-state index is 12.9. The lowest BCUT2D eigenvalue weighted by molar-refractivity contribution is -0.137.